The number of benzene rings is 1. The topological polar surface area (TPSA) is 79.8 Å². The molecule has 0 aliphatic rings. The van der Waals surface area contributed by atoms with E-state index >= 15 is 0 Å². The minimum Gasteiger partial charge on any atom is -0.353 e. The zero-order chi connectivity index (χ0) is 21.7. The van der Waals surface area contributed by atoms with E-state index in [0.29, 0.717) is 28.7 Å². The predicted molar refractivity (Wildman–Crippen MR) is 123 cm³/mol. The molecule has 0 aliphatic carbocycles. The largest absolute Gasteiger partial charge is 0.353 e. The van der Waals surface area contributed by atoms with Gasteiger partial charge >= 0.3 is 0 Å². The number of hydrogen-bond donors (Lipinski definition) is 2. The second kappa shape index (κ2) is 9.98. The molecule has 0 saturated carbocycles. The third kappa shape index (κ3) is 5.75. The second-order valence-electron chi connectivity index (χ2n) is 8.20. The Hall–Kier alpha value is -2.54. The number of carbonyl (C=O) groups is 1. The van der Waals surface area contributed by atoms with Crippen LogP contribution in [-0.4, -0.2) is 32.2 Å². The second-order valence-corrected chi connectivity index (χ2v) is 9.14. The van der Waals surface area contributed by atoms with Crippen molar-refractivity contribution in [3.8, 4) is 0 Å². The highest BCUT2D eigenvalue weighted by atomic mass is 32.2. The van der Waals surface area contributed by atoms with E-state index in [2.05, 4.69) is 41.3 Å². The van der Waals surface area contributed by atoms with E-state index in [1.807, 2.05) is 38.1 Å². The first-order chi connectivity index (χ1) is 14.3. The number of hydrogen-bond acceptors (Lipinski definition) is 4. The first-order valence-electron chi connectivity index (χ1n) is 10.4. The van der Waals surface area contributed by atoms with E-state index in [9.17, 15) is 9.59 Å². The van der Waals surface area contributed by atoms with Crippen LogP contribution in [0.2, 0.25) is 0 Å². The molecule has 0 saturated heterocycles. The summed E-state index contributed by atoms with van der Waals surface area (Å²) >= 11 is 1.32. The quantitative estimate of drug-likeness (QED) is 0.401. The van der Waals surface area contributed by atoms with Crippen molar-refractivity contribution < 1.29 is 4.79 Å². The Morgan fingerprint density at radius 1 is 1.23 bits per heavy atom. The summed E-state index contributed by atoms with van der Waals surface area (Å²) in [7, 11) is 0. The molecular weight excluding hydrogens is 396 g/mol. The lowest BCUT2D eigenvalue weighted by Crippen LogP contribution is -2.34. The molecule has 1 aromatic carbocycles. The highest BCUT2D eigenvalue weighted by Gasteiger charge is 2.16. The normalized spacial score (nSPS) is 12.4. The third-order valence-corrected chi connectivity index (χ3v) is 5.81. The molecule has 1 atom stereocenters. The van der Waals surface area contributed by atoms with E-state index in [1.165, 1.54) is 17.3 Å². The maximum absolute atomic E-state index is 12.9. The molecule has 0 radical (unpaired) electrons. The predicted octanol–water partition coefficient (Wildman–Crippen LogP) is 3.92. The Kier molecular flexibility index (Phi) is 7.37. The van der Waals surface area contributed by atoms with Gasteiger partial charge in [-0.25, -0.2) is 4.98 Å². The Labute approximate surface area is 181 Å². The highest BCUT2D eigenvalue weighted by Crippen LogP contribution is 2.19. The van der Waals surface area contributed by atoms with Crippen LogP contribution < -0.4 is 10.9 Å². The van der Waals surface area contributed by atoms with Gasteiger partial charge in [0.05, 0.1) is 11.3 Å². The number of carbonyl (C=O) groups excluding carboxylic acids is 1. The van der Waals surface area contributed by atoms with Crippen molar-refractivity contribution in [3.63, 3.8) is 0 Å². The van der Waals surface area contributed by atoms with E-state index in [0.717, 1.165) is 18.5 Å². The van der Waals surface area contributed by atoms with Crippen LogP contribution in [0.4, 0.5) is 0 Å². The zero-order valence-electron chi connectivity index (χ0n) is 18.1. The summed E-state index contributed by atoms with van der Waals surface area (Å²) in [5.74, 6) is 0.482. The summed E-state index contributed by atoms with van der Waals surface area (Å²) in [6.45, 7) is 8.62. The van der Waals surface area contributed by atoms with Crippen LogP contribution in [0, 0.1) is 12.8 Å². The summed E-state index contributed by atoms with van der Waals surface area (Å²) in [6.07, 6.45) is 1.81. The van der Waals surface area contributed by atoms with E-state index in [-0.39, 0.29) is 23.3 Å². The van der Waals surface area contributed by atoms with Gasteiger partial charge < -0.3 is 10.3 Å². The van der Waals surface area contributed by atoms with Gasteiger partial charge in [0, 0.05) is 18.3 Å². The van der Waals surface area contributed by atoms with Crippen LogP contribution in [0.1, 0.15) is 38.4 Å². The fourth-order valence-electron chi connectivity index (χ4n) is 3.39. The van der Waals surface area contributed by atoms with E-state index in [4.69, 9.17) is 0 Å². The lowest BCUT2D eigenvalue weighted by Gasteiger charge is -2.16. The number of thioether (sulfide) groups is 1. The zero-order valence-corrected chi connectivity index (χ0v) is 18.9. The Morgan fingerprint density at radius 3 is 2.67 bits per heavy atom. The number of aromatic amines is 1. The maximum atomic E-state index is 12.9. The molecule has 1 amide bonds. The van der Waals surface area contributed by atoms with Crippen LogP contribution in [-0.2, 0) is 17.8 Å². The minimum atomic E-state index is -0.0825. The molecule has 0 unspecified atom stereocenters. The smallest absolute Gasteiger partial charge is 0.278 e. The van der Waals surface area contributed by atoms with Crippen LogP contribution in [0.15, 0.2) is 46.3 Å². The molecule has 0 aliphatic heterocycles. The van der Waals surface area contributed by atoms with Crippen LogP contribution in [0.5, 0.6) is 0 Å². The molecule has 0 spiro atoms. The van der Waals surface area contributed by atoms with Gasteiger partial charge in [-0.3, -0.25) is 14.2 Å². The first-order valence-corrected chi connectivity index (χ1v) is 11.4. The van der Waals surface area contributed by atoms with Crippen LogP contribution >= 0.6 is 11.8 Å². The van der Waals surface area contributed by atoms with Crippen molar-refractivity contribution in [1.82, 2.24) is 19.9 Å². The maximum Gasteiger partial charge on any atom is 0.278 e. The van der Waals surface area contributed by atoms with Crippen molar-refractivity contribution in [3.05, 3.63) is 58.0 Å². The molecule has 2 aromatic heterocycles. The number of rotatable bonds is 9. The Bertz CT molecular complexity index is 1060. The molecule has 7 heteroatoms. The fraction of sp³-hybridized carbons (Fsp3) is 0.435. The number of aromatic nitrogens is 3. The average molecular weight is 427 g/mol. The SMILES string of the molecule is Cc1cc2nc(SCC(=O)N[C@H](C)CCc3ccccc3)n(CC(C)C)c(=O)c2[nH]1. The molecule has 30 heavy (non-hydrogen) atoms. The number of aryl methyl sites for hydroxylation is 2. The summed E-state index contributed by atoms with van der Waals surface area (Å²) in [5.41, 5.74) is 3.26. The standard InChI is InChI=1S/C23H30N4O2S/c1-15(2)13-27-22(29)21-19(12-17(4)25-21)26-23(27)30-14-20(28)24-16(3)10-11-18-8-6-5-7-9-18/h5-9,12,15-16,25H,10-11,13-14H2,1-4H3,(H,24,28)/t16-/m1/s1. The Morgan fingerprint density at radius 2 is 1.97 bits per heavy atom. The third-order valence-electron chi connectivity index (χ3n) is 4.83. The van der Waals surface area contributed by atoms with Crippen molar-refractivity contribution in [2.45, 2.75) is 58.3 Å². The summed E-state index contributed by atoms with van der Waals surface area (Å²) < 4.78 is 1.68. The number of amides is 1. The van der Waals surface area contributed by atoms with Gasteiger partial charge in [0.15, 0.2) is 5.16 Å². The highest BCUT2D eigenvalue weighted by molar-refractivity contribution is 7.99. The van der Waals surface area contributed by atoms with Crippen LogP contribution in [0.25, 0.3) is 11.0 Å². The van der Waals surface area contributed by atoms with Gasteiger partial charge in [-0.15, -0.1) is 0 Å². The van der Waals surface area contributed by atoms with Crippen molar-refractivity contribution >= 4 is 28.7 Å². The van der Waals surface area contributed by atoms with Gasteiger partial charge in [-0.1, -0.05) is 55.9 Å². The van der Waals surface area contributed by atoms with Crippen LogP contribution in [0.3, 0.4) is 0 Å². The summed E-state index contributed by atoms with van der Waals surface area (Å²) in [6, 6.07) is 12.2. The lowest BCUT2D eigenvalue weighted by molar-refractivity contribution is -0.119. The van der Waals surface area contributed by atoms with Crippen molar-refractivity contribution in [2.24, 2.45) is 5.92 Å². The van der Waals surface area contributed by atoms with E-state index < -0.39 is 0 Å². The van der Waals surface area contributed by atoms with E-state index in [1.54, 1.807) is 4.57 Å². The Balaban J connectivity index is 1.63. The molecule has 0 bridgehead atoms. The first kappa shape index (κ1) is 22.2. The average Bonchev–Trinajstić information content (AvgIpc) is 3.08. The van der Waals surface area contributed by atoms with Crippen molar-refractivity contribution in [2.75, 3.05) is 5.75 Å². The molecule has 3 aromatic rings. The summed E-state index contributed by atoms with van der Waals surface area (Å²) in [4.78, 5) is 33.1. The summed E-state index contributed by atoms with van der Waals surface area (Å²) in [5, 5.41) is 3.65. The molecule has 160 valence electrons. The molecule has 2 heterocycles. The molecule has 3 rings (SSSR count). The number of H-pyrrole nitrogens is 1. The molecule has 0 fully saturated rings. The number of nitrogens with one attached hydrogen (secondary N) is 2. The molecule has 6 nitrogen and oxygen atoms in total. The fourth-order valence-corrected chi connectivity index (χ4v) is 4.21. The minimum absolute atomic E-state index is 0.0451. The van der Waals surface area contributed by atoms with Gasteiger partial charge in [0.2, 0.25) is 5.91 Å². The number of nitrogens with zero attached hydrogens (tertiary/aromatic N) is 2. The van der Waals surface area contributed by atoms with Gasteiger partial charge in [-0.05, 0) is 44.2 Å². The van der Waals surface area contributed by atoms with Crippen molar-refractivity contribution in [1.29, 1.82) is 0 Å². The lowest BCUT2D eigenvalue weighted by atomic mass is 10.1. The molecular formula is C23H30N4O2S. The number of fused-ring (bicyclic) bond motifs is 1. The van der Waals surface area contributed by atoms with Gasteiger partial charge in [0.1, 0.15) is 5.52 Å². The molecule has 2 N–H and O–H groups in total. The monoisotopic (exact) mass is 426 g/mol. The van der Waals surface area contributed by atoms with Gasteiger partial charge in [0.25, 0.3) is 5.56 Å². The van der Waals surface area contributed by atoms with Gasteiger partial charge in [-0.2, -0.15) is 0 Å².